The molecule has 6 nitrogen and oxygen atoms in total. The Morgan fingerprint density at radius 1 is 1.20 bits per heavy atom. The lowest BCUT2D eigenvalue weighted by molar-refractivity contribution is 0.0527. The van der Waals surface area contributed by atoms with E-state index in [2.05, 4.69) is 0 Å². The highest BCUT2D eigenvalue weighted by molar-refractivity contribution is 8.04. The lowest BCUT2D eigenvalue weighted by Gasteiger charge is -2.28. The maximum atomic E-state index is 12.8. The van der Waals surface area contributed by atoms with Gasteiger partial charge < -0.3 is 18.8 Å². The van der Waals surface area contributed by atoms with Crippen LogP contribution in [-0.2, 0) is 14.2 Å². The molecule has 0 aliphatic carbocycles. The molecule has 1 aromatic heterocycles. The second kappa shape index (κ2) is 8.40. The number of hydrogen-bond donors (Lipinski definition) is 0. The van der Waals surface area contributed by atoms with Crippen molar-refractivity contribution in [3.8, 4) is 0 Å². The third-order valence-corrected chi connectivity index (χ3v) is 6.98. The smallest absolute Gasteiger partial charge is 0.374 e. The van der Waals surface area contributed by atoms with Crippen LogP contribution in [0.4, 0.5) is 5.69 Å². The van der Waals surface area contributed by atoms with Gasteiger partial charge in [0.15, 0.2) is 0 Å². The van der Waals surface area contributed by atoms with Crippen molar-refractivity contribution in [1.29, 1.82) is 0 Å². The van der Waals surface area contributed by atoms with Gasteiger partial charge in [-0.25, -0.2) is 9.59 Å². The van der Waals surface area contributed by atoms with Crippen LogP contribution in [-0.4, -0.2) is 32.7 Å². The fraction of sp³-hybridized carbons (Fsp3) is 0.364. The van der Waals surface area contributed by atoms with Gasteiger partial charge in [0, 0.05) is 22.2 Å². The lowest BCUT2D eigenvalue weighted by atomic mass is 9.95. The minimum absolute atomic E-state index is 0.0594. The van der Waals surface area contributed by atoms with Crippen LogP contribution in [0.25, 0.3) is 0 Å². The first-order chi connectivity index (χ1) is 14.2. The normalized spacial score (nSPS) is 18.7. The summed E-state index contributed by atoms with van der Waals surface area (Å²) in [5, 5.41) is 0.582. The number of hydrogen-bond acceptors (Lipinski definition) is 7. The van der Waals surface area contributed by atoms with Crippen LogP contribution in [0.1, 0.15) is 59.9 Å². The Morgan fingerprint density at radius 2 is 1.87 bits per heavy atom. The highest BCUT2D eigenvalue weighted by Gasteiger charge is 2.45. The van der Waals surface area contributed by atoms with Crippen molar-refractivity contribution in [2.75, 3.05) is 25.7 Å². The van der Waals surface area contributed by atoms with Gasteiger partial charge in [0.05, 0.1) is 14.2 Å². The average Bonchev–Trinajstić information content (AvgIpc) is 3.10. The number of anilines is 1. The molecule has 0 N–H and O–H groups in total. The van der Waals surface area contributed by atoms with Crippen molar-refractivity contribution in [2.24, 2.45) is 0 Å². The molecule has 8 heteroatoms. The van der Waals surface area contributed by atoms with E-state index in [1.165, 1.54) is 14.2 Å². The Balaban J connectivity index is 2.46. The number of carbonyl (C=O) groups is 2. The summed E-state index contributed by atoms with van der Waals surface area (Å²) in [5.74, 6) is -1.11. The molecule has 30 heavy (non-hydrogen) atoms. The quantitative estimate of drug-likeness (QED) is 0.563. The zero-order valence-corrected chi connectivity index (χ0v) is 19.4. The molecule has 0 amide bonds. The lowest BCUT2D eigenvalue weighted by Crippen LogP contribution is -2.25. The summed E-state index contributed by atoms with van der Waals surface area (Å²) >= 11 is 7.87. The largest absolute Gasteiger partial charge is 0.465 e. The molecular formula is C22H24ClNO5S. The number of allylic oxidation sites excluding steroid dienone is 2. The molecule has 0 fully saturated rings. The molecule has 1 atom stereocenters. The molecule has 0 saturated heterocycles. The second-order valence-electron chi connectivity index (χ2n) is 7.00. The van der Waals surface area contributed by atoms with Gasteiger partial charge in [0.25, 0.3) is 0 Å². The zero-order chi connectivity index (χ0) is 22.2. The first-order valence-corrected chi connectivity index (χ1v) is 10.6. The number of esters is 2. The molecule has 3 rings (SSSR count). The molecule has 0 saturated carbocycles. The van der Waals surface area contributed by atoms with Crippen LogP contribution < -0.4 is 4.90 Å². The molecular weight excluding hydrogens is 426 g/mol. The molecule has 1 unspecified atom stereocenters. The molecule has 1 aromatic carbocycles. The highest BCUT2D eigenvalue weighted by Crippen LogP contribution is 2.55. The van der Waals surface area contributed by atoms with E-state index in [4.69, 9.17) is 25.5 Å². The number of ether oxygens (including phenoxy) is 2. The van der Waals surface area contributed by atoms with Crippen LogP contribution >= 0.6 is 23.4 Å². The van der Waals surface area contributed by atoms with Gasteiger partial charge in [-0.15, -0.1) is 11.8 Å². The van der Waals surface area contributed by atoms with Crippen molar-refractivity contribution in [3.05, 3.63) is 62.5 Å². The number of fused-ring (bicyclic) bond motifs is 1. The van der Waals surface area contributed by atoms with E-state index in [-0.39, 0.29) is 11.3 Å². The fourth-order valence-electron chi connectivity index (χ4n) is 3.69. The summed E-state index contributed by atoms with van der Waals surface area (Å²) in [6, 6.07) is 7.47. The highest BCUT2D eigenvalue weighted by atomic mass is 35.5. The van der Waals surface area contributed by atoms with E-state index in [9.17, 15) is 9.59 Å². The molecule has 1 aliphatic heterocycles. The van der Waals surface area contributed by atoms with Gasteiger partial charge in [-0.2, -0.15) is 0 Å². The topological polar surface area (TPSA) is 69.0 Å². The summed E-state index contributed by atoms with van der Waals surface area (Å²) in [5.41, 5.74) is 2.41. The number of carbonyl (C=O) groups excluding carboxylic acids is 2. The molecule has 0 radical (unpaired) electrons. The number of benzene rings is 1. The van der Waals surface area contributed by atoms with Crippen LogP contribution in [0.5, 0.6) is 0 Å². The van der Waals surface area contributed by atoms with Gasteiger partial charge in [-0.05, 0) is 45.4 Å². The third kappa shape index (κ3) is 3.50. The monoisotopic (exact) mass is 449 g/mol. The number of nitrogens with zero attached hydrogens (tertiary/aromatic N) is 1. The summed E-state index contributed by atoms with van der Waals surface area (Å²) < 4.78 is 15.3. The minimum Gasteiger partial charge on any atom is -0.465 e. The number of thioether (sulfide) groups is 1. The van der Waals surface area contributed by atoms with Gasteiger partial charge in [0.2, 0.25) is 5.76 Å². The van der Waals surface area contributed by atoms with Gasteiger partial charge in [-0.1, -0.05) is 23.7 Å². The van der Waals surface area contributed by atoms with Crippen LogP contribution in [0.3, 0.4) is 0 Å². The summed E-state index contributed by atoms with van der Waals surface area (Å²) in [6.07, 6.45) is 0. The van der Waals surface area contributed by atoms with Crippen LogP contribution in [0.15, 0.2) is 39.3 Å². The molecule has 0 bridgehead atoms. The summed E-state index contributed by atoms with van der Waals surface area (Å²) in [7, 11) is 2.52. The Labute approximate surface area is 185 Å². The zero-order valence-electron chi connectivity index (χ0n) is 17.8. The number of furan rings is 1. The van der Waals surface area contributed by atoms with Crippen LogP contribution in [0.2, 0.25) is 5.02 Å². The number of rotatable bonds is 4. The Bertz CT molecular complexity index is 1040. The molecule has 1 aliphatic rings. The Morgan fingerprint density at radius 3 is 2.43 bits per heavy atom. The standard InChI is InChI=1S/C22H24ClNO5S/c1-7-24-12(2)13(3)30-22(4,14-9-8-10-15(23)11-14)19-17(24)16(20(25)27-5)18(29-19)21(26)28-6/h8-11H,7H2,1-6H3. The van der Waals surface area contributed by atoms with Gasteiger partial charge in [0.1, 0.15) is 21.8 Å². The van der Waals surface area contributed by atoms with E-state index < -0.39 is 16.7 Å². The predicted octanol–water partition coefficient (Wildman–Crippen LogP) is 5.59. The molecule has 160 valence electrons. The van der Waals surface area contributed by atoms with Gasteiger partial charge >= 0.3 is 11.9 Å². The van der Waals surface area contributed by atoms with E-state index in [1.54, 1.807) is 17.8 Å². The Hall–Kier alpha value is -2.38. The predicted molar refractivity (Wildman–Crippen MR) is 118 cm³/mol. The minimum atomic E-state index is -0.759. The maximum Gasteiger partial charge on any atom is 0.374 e. The van der Waals surface area contributed by atoms with Crippen LogP contribution in [0, 0.1) is 0 Å². The molecule has 2 aromatic rings. The van der Waals surface area contributed by atoms with Crippen molar-refractivity contribution < 1.29 is 23.5 Å². The van der Waals surface area contributed by atoms with Crippen molar-refractivity contribution >= 4 is 41.0 Å². The first-order valence-electron chi connectivity index (χ1n) is 9.43. The third-order valence-electron chi connectivity index (χ3n) is 5.31. The molecule has 0 spiro atoms. The van der Waals surface area contributed by atoms with E-state index >= 15 is 0 Å². The second-order valence-corrected chi connectivity index (χ2v) is 9.07. The summed E-state index contributed by atoms with van der Waals surface area (Å²) in [4.78, 5) is 28.3. The first kappa shape index (κ1) is 22.3. The van der Waals surface area contributed by atoms with Crippen molar-refractivity contribution in [1.82, 2.24) is 0 Å². The number of halogens is 1. The molecule has 2 heterocycles. The van der Waals surface area contributed by atoms with Crippen molar-refractivity contribution in [3.63, 3.8) is 0 Å². The maximum absolute atomic E-state index is 12.8. The van der Waals surface area contributed by atoms with Crippen molar-refractivity contribution in [2.45, 2.75) is 32.4 Å². The Kier molecular flexibility index (Phi) is 6.24. The fourth-order valence-corrected chi connectivity index (χ4v) is 5.22. The van der Waals surface area contributed by atoms with E-state index in [0.717, 1.165) is 16.2 Å². The SMILES string of the molecule is CCN1C(C)=C(C)SC(C)(c2cccc(Cl)c2)c2oc(C(=O)OC)c(C(=O)OC)c21. The average molecular weight is 450 g/mol. The van der Waals surface area contributed by atoms with E-state index in [0.29, 0.717) is 23.0 Å². The van der Waals surface area contributed by atoms with Gasteiger partial charge in [-0.3, -0.25) is 0 Å². The number of methoxy groups -OCH3 is 2. The summed E-state index contributed by atoms with van der Waals surface area (Å²) in [6.45, 7) is 8.52. The van der Waals surface area contributed by atoms with E-state index in [1.807, 2.05) is 50.8 Å².